The maximum absolute atomic E-state index is 9.90. The van der Waals surface area contributed by atoms with Crippen LogP contribution in [0.5, 0.6) is 5.75 Å². The van der Waals surface area contributed by atoms with E-state index in [4.69, 9.17) is 16.3 Å². The lowest BCUT2D eigenvalue weighted by Gasteiger charge is -2.18. The normalized spacial score (nSPS) is 21.4. The fraction of sp³-hybridized carbons (Fsp3) is 0.611. The Morgan fingerprint density at radius 1 is 1.32 bits per heavy atom. The zero-order chi connectivity index (χ0) is 17.4. The number of aliphatic hydroxyl groups excluding tert-OH is 1. The highest BCUT2D eigenvalue weighted by Crippen LogP contribution is 2.24. The lowest BCUT2D eigenvalue weighted by Crippen LogP contribution is -2.41. The molecule has 0 radical (unpaired) electrons. The van der Waals surface area contributed by atoms with Gasteiger partial charge in [-0.3, -0.25) is 0 Å². The summed E-state index contributed by atoms with van der Waals surface area (Å²) in [4.78, 5) is 4.57. The van der Waals surface area contributed by atoms with Gasteiger partial charge < -0.3 is 20.5 Å². The van der Waals surface area contributed by atoms with Crippen LogP contribution in [0, 0.1) is 5.92 Å². The van der Waals surface area contributed by atoms with Gasteiger partial charge in [-0.05, 0) is 51.0 Å². The number of hydrogen-bond donors (Lipinski definition) is 3. The molecule has 1 fully saturated rings. The van der Waals surface area contributed by atoms with Gasteiger partial charge >= 0.3 is 0 Å². The van der Waals surface area contributed by atoms with Crippen LogP contribution in [0.25, 0.3) is 0 Å². The fourth-order valence-corrected chi connectivity index (χ4v) is 2.95. The topological polar surface area (TPSA) is 65.9 Å². The summed E-state index contributed by atoms with van der Waals surface area (Å²) >= 11 is 5.87. The summed E-state index contributed by atoms with van der Waals surface area (Å²) in [6.07, 6.45) is 2.86. The van der Waals surface area contributed by atoms with E-state index < -0.39 is 0 Å². The van der Waals surface area contributed by atoms with E-state index in [1.165, 1.54) is 0 Å². The molecule has 25 heavy (non-hydrogen) atoms. The minimum absolute atomic E-state index is 0. The Kier molecular flexibility index (Phi) is 10.5. The van der Waals surface area contributed by atoms with E-state index in [-0.39, 0.29) is 36.2 Å². The van der Waals surface area contributed by atoms with Gasteiger partial charge in [-0.1, -0.05) is 18.0 Å². The number of guanidine groups is 1. The minimum atomic E-state index is -0.187. The molecule has 3 atom stereocenters. The average Bonchev–Trinajstić information content (AvgIpc) is 2.97. The minimum Gasteiger partial charge on any atom is -0.489 e. The molecule has 1 aliphatic rings. The summed E-state index contributed by atoms with van der Waals surface area (Å²) in [5.74, 6) is 1.87. The van der Waals surface area contributed by atoms with Crippen molar-refractivity contribution < 1.29 is 9.84 Å². The summed E-state index contributed by atoms with van der Waals surface area (Å²) in [7, 11) is 0. The summed E-state index contributed by atoms with van der Waals surface area (Å²) in [5.41, 5.74) is 0. The Morgan fingerprint density at radius 2 is 2.04 bits per heavy atom. The SMILES string of the molecule is CCNC(=NCC(C)Oc1ccc(Cl)cc1)NCC1CCCC1O.I. The molecule has 0 spiro atoms. The van der Waals surface area contributed by atoms with Crippen LogP contribution >= 0.6 is 35.6 Å². The third-order valence-corrected chi connectivity index (χ3v) is 4.40. The highest BCUT2D eigenvalue weighted by atomic mass is 127. The van der Waals surface area contributed by atoms with Gasteiger partial charge in [0.2, 0.25) is 0 Å². The van der Waals surface area contributed by atoms with Crippen LogP contribution in [0.15, 0.2) is 29.3 Å². The van der Waals surface area contributed by atoms with Crippen LogP contribution in [0.2, 0.25) is 5.02 Å². The van der Waals surface area contributed by atoms with Crippen molar-refractivity contribution in [1.82, 2.24) is 10.6 Å². The number of halogens is 2. The molecule has 2 rings (SSSR count). The summed E-state index contributed by atoms with van der Waals surface area (Å²) in [5, 5.41) is 17.2. The van der Waals surface area contributed by atoms with Crippen LogP contribution in [-0.4, -0.2) is 42.9 Å². The fourth-order valence-electron chi connectivity index (χ4n) is 2.83. The molecular formula is C18H29ClIN3O2. The second-order valence-electron chi connectivity index (χ2n) is 6.24. The first kappa shape index (κ1) is 22.3. The number of aliphatic hydroxyl groups is 1. The monoisotopic (exact) mass is 481 g/mol. The standard InChI is InChI=1S/C18H28ClN3O2.HI/c1-3-20-18(22-12-14-5-4-6-17(14)23)21-11-13(2)24-16-9-7-15(19)8-10-16;/h7-10,13-14,17,23H,3-6,11-12H2,1-2H3,(H2,20,21,22);1H. The third-order valence-electron chi connectivity index (χ3n) is 4.15. The highest BCUT2D eigenvalue weighted by molar-refractivity contribution is 14.0. The second-order valence-corrected chi connectivity index (χ2v) is 6.68. The number of ether oxygens (including phenoxy) is 1. The van der Waals surface area contributed by atoms with Gasteiger partial charge in [0.1, 0.15) is 11.9 Å². The van der Waals surface area contributed by atoms with Crippen molar-refractivity contribution in [1.29, 1.82) is 0 Å². The van der Waals surface area contributed by atoms with Crippen molar-refractivity contribution in [3.63, 3.8) is 0 Å². The lowest BCUT2D eigenvalue weighted by molar-refractivity contribution is 0.134. The Balaban J connectivity index is 0.00000312. The number of benzene rings is 1. The maximum atomic E-state index is 9.90. The molecule has 1 aromatic rings. The van der Waals surface area contributed by atoms with Crippen molar-refractivity contribution in [2.24, 2.45) is 10.9 Å². The Morgan fingerprint density at radius 3 is 2.64 bits per heavy atom. The Hall–Kier alpha value is -0.730. The molecule has 3 N–H and O–H groups in total. The smallest absolute Gasteiger partial charge is 0.191 e. The summed E-state index contributed by atoms with van der Waals surface area (Å²) in [6.45, 7) is 6.12. The molecule has 0 aliphatic heterocycles. The number of hydrogen-bond acceptors (Lipinski definition) is 3. The van der Waals surface area contributed by atoms with Crippen molar-refractivity contribution in [2.75, 3.05) is 19.6 Å². The van der Waals surface area contributed by atoms with Crippen molar-refractivity contribution in [3.8, 4) is 5.75 Å². The summed E-state index contributed by atoms with van der Waals surface area (Å²) in [6, 6.07) is 7.33. The molecule has 0 aromatic heterocycles. The zero-order valence-corrected chi connectivity index (χ0v) is 18.0. The van der Waals surface area contributed by atoms with Crippen LogP contribution in [0.4, 0.5) is 0 Å². The predicted octanol–water partition coefficient (Wildman–Crippen LogP) is 3.44. The van der Waals surface area contributed by atoms with Crippen LogP contribution < -0.4 is 15.4 Å². The van der Waals surface area contributed by atoms with E-state index in [0.717, 1.165) is 44.1 Å². The van der Waals surface area contributed by atoms with Gasteiger partial charge in [0.05, 0.1) is 12.6 Å². The van der Waals surface area contributed by atoms with E-state index in [0.29, 0.717) is 17.5 Å². The maximum Gasteiger partial charge on any atom is 0.191 e. The lowest BCUT2D eigenvalue weighted by atomic mass is 10.1. The first-order valence-electron chi connectivity index (χ1n) is 8.71. The highest BCUT2D eigenvalue weighted by Gasteiger charge is 2.24. The average molecular weight is 482 g/mol. The number of rotatable bonds is 7. The number of nitrogens with zero attached hydrogens (tertiary/aromatic N) is 1. The first-order valence-corrected chi connectivity index (χ1v) is 9.08. The molecule has 5 nitrogen and oxygen atoms in total. The van der Waals surface area contributed by atoms with Gasteiger partial charge in [0, 0.05) is 24.0 Å². The largest absolute Gasteiger partial charge is 0.489 e. The Bertz CT molecular complexity index is 528. The molecule has 0 saturated heterocycles. The molecule has 1 aliphatic carbocycles. The number of nitrogens with one attached hydrogen (secondary N) is 2. The van der Waals surface area contributed by atoms with E-state index >= 15 is 0 Å². The van der Waals surface area contributed by atoms with Gasteiger partial charge in [-0.15, -0.1) is 24.0 Å². The molecule has 0 heterocycles. The molecule has 7 heteroatoms. The van der Waals surface area contributed by atoms with Crippen LogP contribution in [0.3, 0.4) is 0 Å². The van der Waals surface area contributed by atoms with Crippen molar-refractivity contribution in [2.45, 2.75) is 45.3 Å². The van der Waals surface area contributed by atoms with Crippen LogP contribution in [0.1, 0.15) is 33.1 Å². The van der Waals surface area contributed by atoms with Gasteiger partial charge in [0.15, 0.2) is 5.96 Å². The van der Waals surface area contributed by atoms with Crippen molar-refractivity contribution in [3.05, 3.63) is 29.3 Å². The first-order chi connectivity index (χ1) is 11.6. The summed E-state index contributed by atoms with van der Waals surface area (Å²) < 4.78 is 5.83. The molecule has 0 amide bonds. The van der Waals surface area contributed by atoms with Gasteiger partial charge in [-0.2, -0.15) is 0 Å². The quantitative estimate of drug-likeness (QED) is 0.317. The molecular weight excluding hydrogens is 453 g/mol. The van der Waals surface area contributed by atoms with Crippen molar-refractivity contribution >= 4 is 41.5 Å². The molecule has 1 saturated carbocycles. The van der Waals surface area contributed by atoms with Gasteiger partial charge in [0.25, 0.3) is 0 Å². The number of aliphatic imine (C=N–C) groups is 1. The van der Waals surface area contributed by atoms with E-state index in [2.05, 4.69) is 15.6 Å². The predicted molar refractivity (Wildman–Crippen MR) is 114 cm³/mol. The third kappa shape index (κ3) is 8.00. The van der Waals surface area contributed by atoms with Gasteiger partial charge in [-0.25, -0.2) is 4.99 Å². The zero-order valence-electron chi connectivity index (χ0n) is 14.9. The Labute approximate surface area is 172 Å². The molecule has 142 valence electrons. The molecule has 3 unspecified atom stereocenters. The molecule has 1 aromatic carbocycles. The van der Waals surface area contributed by atoms with E-state index in [9.17, 15) is 5.11 Å². The van der Waals surface area contributed by atoms with E-state index in [1.54, 1.807) is 0 Å². The van der Waals surface area contributed by atoms with E-state index in [1.807, 2.05) is 38.1 Å². The van der Waals surface area contributed by atoms with Crippen LogP contribution in [-0.2, 0) is 0 Å². The molecule has 0 bridgehead atoms. The second kappa shape index (κ2) is 11.8.